The third kappa shape index (κ3) is 3.95. The fourth-order valence-electron chi connectivity index (χ4n) is 3.19. The molecular formula is C21H19NO4S2. The average Bonchev–Trinajstić information content (AvgIpc) is 3.39. The molecule has 0 radical (unpaired) electrons. The van der Waals surface area contributed by atoms with E-state index in [1.165, 1.54) is 16.9 Å². The van der Waals surface area contributed by atoms with Crippen LogP contribution in [0.3, 0.4) is 0 Å². The van der Waals surface area contributed by atoms with Crippen molar-refractivity contribution in [1.29, 1.82) is 0 Å². The lowest BCUT2D eigenvalue weighted by molar-refractivity contribution is -0.124. The van der Waals surface area contributed by atoms with E-state index in [2.05, 4.69) is 5.32 Å². The number of carbonyl (C=O) groups is 2. The minimum atomic E-state index is -0.458. The Morgan fingerprint density at radius 3 is 2.79 bits per heavy atom. The standard InChI is InChI=1S/C21H19NO4S2/c1-25-15-6-7-17-13(9-15)4-5-14-10-18(28-20(14)17)21(24)26-12-19(23)22-11-16-3-2-8-27-16/h2-3,6-10H,4-5,11-12H2,1H3,(H,22,23). The van der Waals surface area contributed by atoms with Crippen molar-refractivity contribution in [2.24, 2.45) is 0 Å². The van der Waals surface area contributed by atoms with Gasteiger partial charge in [0.05, 0.1) is 13.7 Å². The second-order valence-electron chi connectivity index (χ2n) is 6.42. The van der Waals surface area contributed by atoms with Crippen LogP contribution in [0.25, 0.3) is 10.4 Å². The monoisotopic (exact) mass is 413 g/mol. The van der Waals surface area contributed by atoms with Crippen LogP contribution in [-0.2, 0) is 28.9 Å². The van der Waals surface area contributed by atoms with Gasteiger partial charge < -0.3 is 14.8 Å². The van der Waals surface area contributed by atoms with Crippen molar-refractivity contribution in [1.82, 2.24) is 5.32 Å². The Kier molecular flexibility index (Phi) is 5.45. The molecule has 5 nitrogen and oxygen atoms in total. The van der Waals surface area contributed by atoms with Gasteiger partial charge in [-0.25, -0.2) is 4.79 Å². The van der Waals surface area contributed by atoms with E-state index < -0.39 is 5.97 Å². The van der Waals surface area contributed by atoms with Crippen molar-refractivity contribution >= 4 is 34.6 Å². The van der Waals surface area contributed by atoms with Crippen molar-refractivity contribution in [2.45, 2.75) is 19.4 Å². The summed E-state index contributed by atoms with van der Waals surface area (Å²) in [4.78, 5) is 27.0. The quantitative estimate of drug-likeness (QED) is 0.619. The first-order chi connectivity index (χ1) is 13.6. The van der Waals surface area contributed by atoms with Crippen molar-refractivity contribution in [3.8, 4) is 16.2 Å². The molecule has 1 amide bonds. The van der Waals surface area contributed by atoms with E-state index in [0.29, 0.717) is 11.4 Å². The molecule has 0 fully saturated rings. The SMILES string of the molecule is COc1ccc2c(c1)CCc1cc(C(=O)OCC(=O)NCc3cccs3)sc1-2. The van der Waals surface area contributed by atoms with Gasteiger partial charge in [0.15, 0.2) is 6.61 Å². The lowest BCUT2D eigenvalue weighted by Crippen LogP contribution is -2.27. The number of esters is 1. The second-order valence-corrected chi connectivity index (χ2v) is 8.50. The Labute approximate surface area is 170 Å². The number of amides is 1. The minimum absolute atomic E-state index is 0.277. The molecule has 4 rings (SSSR count). The van der Waals surface area contributed by atoms with Crippen LogP contribution in [0.1, 0.15) is 25.7 Å². The summed E-state index contributed by atoms with van der Waals surface area (Å²) in [5, 5.41) is 4.70. The van der Waals surface area contributed by atoms with Crippen molar-refractivity contribution in [2.75, 3.05) is 13.7 Å². The number of fused-ring (bicyclic) bond motifs is 3. The molecule has 0 saturated heterocycles. The maximum Gasteiger partial charge on any atom is 0.348 e. The maximum atomic E-state index is 12.4. The lowest BCUT2D eigenvalue weighted by atomic mass is 9.91. The largest absolute Gasteiger partial charge is 0.497 e. The lowest BCUT2D eigenvalue weighted by Gasteiger charge is -2.16. The van der Waals surface area contributed by atoms with E-state index in [-0.39, 0.29) is 12.5 Å². The van der Waals surface area contributed by atoms with Gasteiger partial charge in [-0.05, 0) is 65.2 Å². The summed E-state index contributed by atoms with van der Waals surface area (Å²) in [7, 11) is 1.66. The Hall–Kier alpha value is -2.64. The number of benzene rings is 1. The highest BCUT2D eigenvalue weighted by Gasteiger charge is 2.23. The molecule has 3 aromatic rings. The summed E-state index contributed by atoms with van der Waals surface area (Å²) in [5.74, 6) is 0.0770. The fraction of sp³-hybridized carbons (Fsp3) is 0.238. The number of carbonyl (C=O) groups excluding carboxylic acids is 2. The molecule has 0 aliphatic heterocycles. The first kappa shape index (κ1) is 18.7. The highest BCUT2D eigenvalue weighted by Crippen LogP contribution is 2.40. The highest BCUT2D eigenvalue weighted by atomic mass is 32.1. The summed E-state index contributed by atoms with van der Waals surface area (Å²) < 4.78 is 10.5. The number of ether oxygens (including phenoxy) is 2. The molecule has 1 aliphatic carbocycles. The van der Waals surface area contributed by atoms with E-state index in [1.807, 2.05) is 41.8 Å². The van der Waals surface area contributed by atoms with Crippen LogP contribution >= 0.6 is 22.7 Å². The Bertz CT molecular complexity index is 1010. The second kappa shape index (κ2) is 8.16. The van der Waals surface area contributed by atoms with E-state index in [9.17, 15) is 9.59 Å². The number of thiophene rings is 2. The summed E-state index contributed by atoms with van der Waals surface area (Å²) >= 11 is 2.99. The molecule has 7 heteroatoms. The van der Waals surface area contributed by atoms with Gasteiger partial charge in [0, 0.05) is 9.75 Å². The Balaban J connectivity index is 1.39. The van der Waals surface area contributed by atoms with E-state index in [4.69, 9.17) is 9.47 Å². The number of rotatable bonds is 6. The van der Waals surface area contributed by atoms with E-state index in [0.717, 1.165) is 39.5 Å². The summed E-state index contributed by atoms with van der Waals surface area (Å²) in [6, 6.07) is 11.8. The average molecular weight is 414 g/mol. The third-order valence-electron chi connectivity index (χ3n) is 4.61. The zero-order valence-electron chi connectivity index (χ0n) is 15.3. The van der Waals surface area contributed by atoms with Gasteiger partial charge in [0.2, 0.25) is 0 Å². The Morgan fingerprint density at radius 1 is 1.14 bits per heavy atom. The molecule has 2 aromatic heterocycles. The van der Waals surface area contributed by atoms with Crippen LogP contribution < -0.4 is 10.1 Å². The van der Waals surface area contributed by atoms with Gasteiger partial charge in [-0.2, -0.15) is 0 Å². The molecule has 0 unspecified atom stereocenters. The normalized spacial score (nSPS) is 12.0. The molecule has 0 spiro atoms. The third-order valence-corrected chi connectivity index (χ3v) is 6.67. The smallest absolute Gasteiger partial charge is 0.348 e. The number of aryl methyl sites for hydroxylation is 2. The predicted molar refractivity (Wildman–Crippen MR) is 110 cm³/mol. The topological polar surface area (TPSA) is 64.6 Å². The maximum absolute atomic E-state index is 12.4. The van der Waals surface area contributed by atoms with Crippen molar-refractivity contribution < 1.29 is 19.1 Å². The predicted octanol–water partition coefficient (Wildman–Crippen LogP) is 4.06. The first-order valence-corrected chi connectivity index (χ1v) is 10.6. The minimum Gasteiger partial charge on any atom is -0.497 e. The molecule has 28 heavy (non-hydrogen) atoms. The van der Waals surface area contributed by atoms with Gasteiger partial charge in [0.1, 0.15) is 10.6 Å². The summed E-state index contributed by atoms with van der Waals surface area (Å²) in [6.07, 6.45) is 1.79. The molecule has 2 heterocycles. The molecular weight excluding hydrogens is 394 g/mol. The van der Waals surface area contributed by atoms with E-state index in [1.54, 1.807) is 18.4 Å². The van der Waals surface area contributed by atoms with Gasteiger partial charge in [-0.1, -0.05) is 6.07 Å². The van der Waals surface area contributed by atoms with Crippen LogP contribution in [0.5, 0.6) is 5.75 Å². The molecule has 0 bridgehead atoms. The molecule has 1 aromatic carbocycles. The van der Waals surface area contributed by atoms with E-state index >= 15 is 0 Å². The number of methoxy groups -OCH3 is 1. The first-order valence-electron chi connectivity index (χ1n) is 8.90. The van der Waals surface area contributed by atoms with Gasteiger partial charge >= 0.3 is 5.97 Å². The van der Waals surface area contributed by atoms with Crippen LogP contribution in [-0.4, -0.2) is 25.6 Å². The summed E-state index contributed by atoms with van der Waals surface area (Å²) in [6.45, 7) is 0.169. The molecule has 1 aliphatic rings. The number of hydrogen-bond acceptors (Lipinski definition) is 6. The van der Waals surface area contributed by atoms with Gasteiger partial charge in [-0.15, -0.1) is 22.7 Å². The Morgan fingerprint density at radius 2 is 2.00 bits per heavy atom. The highest BCUT2D eigenvalue weighted by molar-refractivity contribution is 7.17. The van der Waals surface area contributed by atoms with Crippen LogP contribution in [0.4, 0.5) is 0 Å². The molecule has 0 saturated carbocycles. The fourth-order valence-corrected chi connectivity index (χ4v) is 5.00. The zero-order chi connectivity index (χ0) is 19.5. The van der Waals surface area contributed by atoms with Crippen molar-refractivity contribution in [3.05, 3.63) is 62.7 Å². The summed E-state index contributed by atoms with van der Waals surface area (Å²) in [5.41, 5.74) is 3.51. The molecule has 1 N–H and O–H groups in total. The number of hydrogen-bond donors (Lipinski definition) is 1. The molecule has 144 valence electrons. The van der Waals surface area contributed by atoms with Crippen LogP contribution in [0, 0.1) is 0 Å². The van der Waals surface area contributed by atoms with Crippen LogP contribution in [0.2, 0.25) is 0 Å². The van der Waals surface area contributed by atoms with Crippen molar-refractivity contribution in [3.63, 3.8) is 0 Å². The van der Waals surface area contributed by atoms with Gasteiger partial charge in [-0.3, -0.25) is 4.79 Å². The molecule has 0 atom stereocenters. The van der Waals surface area contributed by atoms with Gasteiger partial charge in [0.25, 0.3) is 5.91 Å². The zero-order valence-corrected chi connectivity index (χ0v) is 17.0. The number of nitrogens with one attached hydrogen (secondary N) is 1. The van der Waals surface area contributed by atoms with Crippen LogP contribution in [0.15, 0.2) is 41.8 Å².